The van der Waals surface area contributed by atoms with Gasteiger partial charge in [-0.15, -0.1) is 0 Å². The van der Waals surface area contributed by atoms with Crippen molar-refractivity contribution in [2.24, 2.45) is 4.99 Å². The Hall–Kier alpha value is -2.89. The molecule has 0 heterocycles. The summed E-state index contributed by atoms with van der Waals surface area (Å²) in [6.45, 7) is 4.03. The third-order valence-electron chi connectivity index (χ3n) is 4.27. The first-order valence-corrected chi connectivity index (χ1v) is 9.45. The highest BCUT2D eigenvalue weighted by atomic mass is 19.1. The van der Waals surface area contributed by atoms with Crippen molar-refractivity contribution in [3.63, 3.8) is 0 Å². The van der Waals surface area contributed by atoms with Gasteiger partial charge < -0.3 is 15.1 Å². The molecule has 0 atom stereocenters. The maximum Gasteiger partial charge on any atom is 0.253 e. The number of halogens is 1. The molecule has 2 aromatic rings. The SMILES string of the molecule is CCNC(=NCCc1cccc(C(=O)N(C)C)c1)N(C)Cc1ccc(F)cc1. The van der Waals surface area contributed by atoms with E-state index in [1.807, 2.05) is 43.1 Å². The van der Waals surface area contributed by atoms with Crippen LogP contribution in [0.25, 0.3) is 0 Å². The lowest BCUT2D eigenvalue weighted by molar-refractivity contribution is 0.0827. The Morgan fingerprint density at radius 2 is 1.79 bits per heavy atom. The van der Waals surface area contributed by atoms with Crippen molar-refractivity contribution in [2.45, 2.75) is 19.9 Å². The topological polar surface area (TPSA) is 47.9 Å². The monoisotopic (exact) mass is 384 g/mol. The molecule has 150 valence electrons. The molecular formula is C22H29FN4O. The van der Waals surface area contributed by atoms with E-state index < -0.39 is 0 Å². The molecule has 0 aliphatic carbocycles. The molecule has 0 unspecified atom stereocenters. The van der Waals surface area contributed by atoms with Gasteiger partial charge in [0.15, 0.2) is 5.96 Å². The number of amides is 1. The van der Waals surface area contributed by atoms with E-state index in [4.69, 9.17) is 4.99 Å². The minimum Gasteiger partial charge on any atom is -0.357 e. The minimum absolute atomic E-state index is 0.00211. The van der Waals surface area contributed by atoms with Crippen molar-refractivity contribution in [1.29, 1.82) is 0 Å². The summed E-state index contributed by atoms with van der Waals surface area (Å²) in [5, 5.41) is 3.29. The molecule has 0 aromatic heterocycles. The zero-order valence-corrected chi connectivity index (χ0v) is 17.1. The third-order valence-corrected chi connectivity index (χ3v) is 4.27. The molecule has 1 amide bonds. The van der Waals surface area contributed by atoms with Crippen LogP contribution in [-0.2, 0) is 13.0 Å². The number of carbonyl (C=O) groups is 1. The van der Waals surface area contributed by atoms with Crippen molar-refractivity contribution in [1.82, 2.24) is 15.1 Å². The summed E-state index contributed by atoms with van der Waals surface area (Å²) in [4.78, 5) is 20.4. The second-order valence-corrected chi connectivity index (χ2v) is 6.87. The second kappa shape index (κ2) is 10.4. The number of rotatable bonds is 7. The number of hydrogen-bond acceptors (Lipinski definition) is 2. The Bertz CT molecular complexity index is 802. The van der Waals surface area contributed by atoms with Gasteiger partial charge in [0, 0.05) is 46.3 Å². The molecule has 28 heavy (non-hydrogen) atoms. The fraction of sp³-hybridized carbons (Fsp3) is 0.364. The molecule has 0 bridgehead atoms. The Labute approximate surface area is 166 Å². The van der Waals surface area contributed by atoms with E-state index in [1.165, 1.54) is 12.1 Å². The van der Waals surface area contributed by atoms with Crippen LogP contribution in [0.4, 0.5) is 4.39 Å². The second-order valence-electron chi connectivity index (χ2n) is 6.87. The first-order chi connectivity index (χ1) is 13.4. The van der Waals surface area contributed by atoms with Crippen LogP contribution in [0.3, 0.4) is 0 Å². The molecular weight excluding hydrogens is 355 g/mol. The maximum absolute atomic E-state index is 13.1. The van der Waals surface area contributed by atoms with Gasteiger partial charge in [-0.25, -0.2) is 4.39 Å². The molecule has 0 fully saturated rings. The largest absolute Gasteiger partial charge is 0.357 e. The normalized spacial score (nSPS) is 11.2. The predicted molar refractivity (Wildman–Crippen MR) is 112 cm³/mol. The molecule has 0 radical (unpaired) electrons. The number of benzene rings is 2. The number of hydrogen-bond donors (Lipinski definition) is 1. The first kappa shape index (κ1) is 21.4. The van der Waals surface area contributed by atoms with Crippen LogP contribution in [0, 0.1) is 5.82 Å². The zero-order valence-electron chi connectivity index (χ0n) is 17.1. The van der Waals surface area contributed by atoms with Gasteiger partial charge in [-0.05, 0) is 48.7 Å². The van der Waals surface area contributed by atoms with Gasteiger partial charge in [0.25, 0.3) is 5.91 Å². The fourth-order valence-electron chi connectivity index (χ4n) is 2.82. The third kappa shape index (κ3) is 6.37. The van der Waals surface area contributed by atoms with E-state index in [1.54, 1.807) is 31.1 Å². The number of guanidine groups is 1. The fourth-order valence-corrected chi connectivity index (χ4v) is 2.82. The average Bonchev–Trinajstić information content (AvgIpc) is 2.68. The molecule has 2 rings (SSSR count). The van der Waals surface area contributed by atoms with E-state index >= 15 is 0 Å². The summed E-state index contributed by atoms with van der Waals surface area (Å²) in [5.41, 5.74) is 2.78. The first-order valence-electron chi connectivity index (χ1n) is 9.45. The summed E-state index contributed by atoms with van der Waals surface area (Å²) < 4.78 is 13.1. The zero-order chi connectivity index (χ0) is 20.5. The van der Waals surface area contributed by atoms with E-state index in [-0.39, 0.29) is 11.7 Å². The van der Waals surface area contributed by atoms with Gasteiger partial charge in [-0.1, -0.05) is 24.3 Å². The molecule has 6 heteroatoms. The molecule has 0 aliphatic heterocycles. The average molecular weight is 384 g/mol. The van der Waals surface area contributed by atoms with Gasteiger partial charge >= 0.3 is 0 Å². The lowest BCUT2D eigenvalue weighted by Crippen LogP contribution is -2.38. The molecule has 2 aromatic carbocycles. The van der Waals surface area contributed by atoms with Crippen LogP contribution in [0.2, 0.25) is 0 Å². The van der Waals surface area contributed by atoms with Gasteiger partial charge in [0.1, 0.15) is 5.82 Å². The quantitative estimate of drug-likeness (QED) is 0.589. The molecule has 1 N–H and O–H groups in total. The van der Waals surface area contributed by atoms with Crippen molar-refractivity contribution in [3.8, 4) is 0 Å². The van der Waals surface area contributed by atoms with Crippen molar-refractivity contribution in [3.05, 3.63) is 71.0 Å². The minimum atomic E-state index is -0.234. The Morgan fingerprint density at radius 1 is 1.07 bits per heavy atom. The molecule has 5 nitrogen and oxygen atoms in total. The summed E-state index contributed by atoms with van der Waals surface area (Å²) in [5.74, 6) is 0.562. The van der Waals surface area contributed by atoms with E-state index in [9.17, 15) is 9.18 Å². The lowest BCUT2D eigenvalue weighted by atomic mass is 10.1. The van der Waals surface area contributed by atoms with Crippen LogP contribution in [0.5, 0.6) is 0 Å². The highest BCUT2D eigenvalue weighted by Gasteiger charge is 2.09. The van der Waals surface area contributed by atoms with Crippen LogP contribution in [0.15, 0.2) is 53.5 Å². The van der Waals surface area contributed by atoms with Gasteiger partial charge in [0.05, 0.1) is 0 Å². The predicted octanol–water partition coefficient (Wildman–Crippen LogP) is 3.17. The van der Waals surface area contributed by atoms with Gasteiger partial charge in [0.2, 0.25) is 0 Å². The van der Waals surface area contributed by atoms with Crippen molar-refractivity contribution >= 4 is 11.9 Å². The molecule has 0 spiro atoms. The summed E-state index contributed by atoms with van der Waals surface area (Å²) in [7, 11) is 5.46. The maximum atomic E-state index is 13.1. The number of aliphatic imine (C=N–C) groups is 1. The lowest BCUT2D eigenvalue weighted by Gasteiger charge is -2.22. The molecule has 0 saturated heterocycles. The van der Waals surface area contributed by atoms with Gasteiger partial charge in [-0.3, -0.25) is 9.79 Å². The van der Waals surface area contributed by atoms with Crippen LogP contribution >= 0.6 is 0 Å². The summed E-state index contributed by atoms with van der Waals surface area (Å²) >= 11 is 0. The highest BCUT2D eigenvalue weighted by molar-refractivity contribution is 5.94. The van der Waals surface area contributed by atoms with Crippen LogP contribution in [0.1, 0.15) is 28.4 Å². The Morgan fingerprint density at radius 3 is 2.43 bits per heavy atom. The smallest absolute Gasteiger partial charge is 0.253 e. The summed E-state index contributed by atoms with van der Waals surface area (Å²) in [6.07, 6.45) is 0.744. The van der Waals surface area contributed by atoms with Crippen LogP contribution < -0.4 is 5.32 Å². The number of nitrogens with zero attached hydrogens (tertiary/aromatic N) is 3. The van der Waals surface area contributed by atoms with E-state index in [2.05, 4.69) is 5.32 Å². The number of carbonyl (C=O) groups excluding carboxylic acids is 1. The van der Waals surface area contributed by atoms with Crippen LogP contribution in [-0.4, -0.2) is 55.9 Å². The Kier molecular flexibility index (Phi) is 7.99. The van der Waals surface area contributed by atoms with Gasteiger partial charge in [-0.2, -0.15) is 0 Å². The molecule has 0 aliphatic rings. The molecule has 0 saturated carbocycles. The van der Waals surface area contributed by atoms with Crippen molar-refractivity contribution in [2.75, 3.05) is 34.2 Å². The Balaban J connectivity index is 2.01. The number of nitrogens with one attached hydrogen (secondary N) is 1. The van der Waals surface area contributed by atoms with E-state index in [0.717, 1.165) is 30.1 Å². The van der Waals surface area contributed by atoms with Crippen molar-refractivity contribution < 1.29 is 9.18 Å². The standard InChI is InChI=1S/C22H29FN4O/c1-5-24-22(27(4)16-18-9-11-20(23)12-10-18)25-14-13-17-7-6-8-19(15-17)21(28)26(2)3/h6-12,15H,5,13-14,16H2,1-4H3,(H,24,25). The summed E-state index contributed by atoms with van der Waals surface area (Å²) in [6, 6.07) is 14.2. The van der Waals surface area contributed by atoms with E-state index in [0.29, 0.717) is 18.7 Å². The highest BCUT2D eigenvalue weighted by Crippen LogP contribution is 2.09.